The van der Waals surface area contributed by atoms with Crippen molar-refractivity contribution in [3.8, 4) is 0 Å². The molecule has 1 unspecified atom stereocenters. The van der Waals surface area contributed by atoms with Gasteiger partial charge in [-0.1, -0.05) is 12.1 Å². The predicted octanol–water partition coefficient (Wildman–Crippen LogP) is 3.84. The summed E-state index contributed by atoms with van der Waals surface area (Å²) >= 11 is 0. The van der Waals surface area contributed by atoms with Crippen molar-refractivity contribution in [1.82, 2.24) is 10.6 Å². The average Bonchev–Trinajstić information content (AvgIpc) is 3.30. The molecule has 1 fully saturated rings. The molecule has 1 aliphatic rings. The second-order valence-electron chi connectivity index (χ2n) is 7.52. The van der Waals surface area contributed by atoms with Crippen molar-refractivity contribution in [3.63, 3.8) is 0 Å². The van der Waals surface area contributed by atoms with Crippen LogP contribution < -0.4 is 10.6 Å². The summed E-state index contributed by atoms with van der Waals surface area (Å²) in [6, 6.07) is 10.3. The molecule has 0 aliphatic heterocycles. The molecule has 1 aliphatic carbocycles. The molecular weight excluding hydrogens is 472 g/mol. The fraction of sp³-hybridized carbons (Fsp3) is 0.476. The summed E-state index contributed by atoms with van der Waals surface area (Å²) in [5, 5.41) is 17.2. The van der Waals surface area contributed by atoms with Crippen molar-refractivity contribution in [2.24, 2.45) is 4.99 Å². The van der Waals surface area contributed by atoms with Gasteiger partial charge in [-0.3, -0.25) is 0 Å². The third-order valence-corrected chi connectivity index (χ3v) is 5.06. The number of nitrogens with zero attached hydrogens (tertiary/aromatic N) is 1. The fourth-order valence-electron chi connectivity index (χ4n) is 3.15. The number of rotatable bonds is 7. The normalized spacial score (nSPS) is 17.4. The smallest absolute Gasteiger partial charge is 0.191 e. The Balaban J connectivity index is 0.00000280. The summed E-state index contributed by atoms with van der Waals surface area (Å²) in [7, 11) is 0. The van der Waals surface area contributed by atoms with Gasteiger partial charge in [0.2, 0.25) is 0 Å². The van der Waals surface area contributed by atoms with Crippen LogP contribution in [0.1, 0.15) is 43.8 Å². The topological polar surface area (TPSA) is 69.8 Å². The lowest BCUT2D eigenvalue weighted by molar-refractivity contribution is 0.0428. The number of furan rings is 1. The third kappa shape index (κ3) is 5.47. The first-order valence-electron chi connectivity index (χ1n) is 9.42. The summed E-state index contributed by atoms with van der Waals surface area (Å²) in [5.41, 5.74) is 0.000318. The van der Waals surface area contributed by atoms with Crippen LogP contribution in [0.3, 0.4) is 0 Å². The highest BCUT2D eigenvalue weighted by Gasteiger charge is 2.44. The van der Waals surface area contributed by atoms with Crippen LogP contribution in [0, 0.1) is 12.7 Å². The number of aliphatic imine (C=N–C) groups is 1. The monoisotopic (exact) mass is 501 g/mol. The lowest BCUT2D eigenvalue weighted by Crippen LogP contribution is -2.42. The highest BCUT2D eigenvalue weighted by atomic mass is 127. The number of nitrogens with one attached hydrogen (secondary N) is 2. The van der Waals surface area contributed by atoms with Crippen molar-refractivity contribution in [3.05, 3.63) is 59.3 Å². The minimum atomic E-state index is -1.18. The Bertz CT molecular complexity index is 798. The van der Waals surface area contributed by atoms with Gasteiger partial charge in [0.15, 0.2) is 5.96 Å². The van der Waals surface area contributed by atoms with Crippen LogP contribution >= 0.6 is 24.0 Å². The van der Waals surface area contributed by atoms with Crippen molar-refractivity contribution in [2.45, 2.75) is 44.6 Å². The third-order valence-electron chi connectivity index (χ3n) is 5.06. The molecule has 0 saturated heterocycles. The van der Waals surface area contributed by atoms with E-state index >= 15 is 0 Å². The van der Waals surface area contributed by atoms with Crippen LogP contribution in [0.15, 0.2) is 45.8 Å². The molecule has 1 atom stereocenters. The molecule has 5 nitrogen and oxygen atoms in total. The Hall–Kier alpha value is -1.61. The van der Waals surface area contributed by atoms with Gasteiger partial charge in [0.25, 0.3) is 0 Å². The molecule has 0 radical (unpaired) electrons. The Morgan fingerprint density at radius 2 is 1.89 bits per heavy atom. The highest BCUT2D eigenvalue weighted by molar-refractivity contribution is 14.0. The molecule has 0 bridgehead atoms. The molecule has 7 heteroatoms. The van der Waals surface area contributed by atoms with Crippen LogP contribution in [0.25, 0.3) is 0 Å². The fourth-order valence-corrected chi connectivity index (χ4v) is 3.15. The van der Waals surface area contributed by atoms with E-state index in [2.05, 4.69) is 15.6 Å². The Morgan fingerprint density at radius 1 is 1.21 bits per heavy atom. The molecule has 0 spiro atoms. The number of aliphatic hydroxyl groups is 1. The minimum Gasteiger partial charge on any atom is -0.463 e. The Morgan fingerprint density at radius 3 is 2.43 bits per heavy atom. The molecule has 3 rings (SSSR count). The van der Waals surface area contributed by atoms with Gasteiger partial charge in [0.1, 0.15) is 22.9 Å². The molecule has 28 heavy (non-hydrogen) atoms. The number of halogens is 2. The number of guanidine groups is 1. The van der Waals surface area contributed by atoms with Crippen molar-refractivity contribution < 1.29 is 13.9 Å². The predicted molar refractivity (Wildman–Crippen MR) is 120 cm³/mol. The molecule has 0 amide bonds. The maximum atomic E-state index is 13.2. The van der Waals surface area contributed by atoms with E-state index in [0.29, 0.717) is 18.3 Å². The summed E-state index contributed by atoms with van der Waals surface area (Å²) in [6.45, 7) is 7.15. The second kappa shape index (κ2) is 9.26. The first-order valence-corrected chi connectivity index (χ1v) is 9.42. The van der Waals surface area contributed by atoms with Crippen LogP contribution in [0.2, 0.25) is 0 Å². The minimum absolute atomic E-state index is 0. The molecule has 2 aromatic rings. The van der Waals surface area contributed by atoms with Crippen LogP contribution in [-0.2, 0) is 11.0 Å². The zero-order valence-electron chi connectivity index (χ0n) is 16.6. The number of aryl methyl sites for hydroxylation is 1. The first-order chi connectivity index (χ1) is 12.8. The molecule has 1 aromatic heterocycles. The van der Waals surface area contributed by atoms with Crippen molar-refractivity contribution in [1.29, 1.82) is 0 Å². The van der Waals surface area contributed by atoms with Crippen LogP contribution in [0.4, 0.5) is 4.39 Å². The maximum absolute atomic E-state index is 13.2. The molecular formula is C21H29FIN3O2. The summed E-state index contributed by atoms with van der Waals surface area (Å²) in [6.07, 6.45) is 2.13. The highest BCUT2D eigenvalue weighted by Crippen LogP contribution is 2.47. The maximum Gasteiger partial charge on any atom is 0.191 e. The van der Waals surface area contributed by atoms with E-state index in [0.717, 1.165) is 30.7 Å². The van der Waals surface area contributed by atoms with E-state index in [1.807, 2.05) is 32.0 Å². The summed E-state index contributed by atoms with van der Waals surface area (Å²) in [5.74, 6) is 1.70. The van der Waals surface area contributed by atoms with E-state index < -0.39 is 5.60 Å². The average molecular weight is 501 g/mol. The lowest BCUT2D eigenvalue weighted by Gasteiger charge is -2.21. The molecule has 3 N–H and O–H groups in total. The van der Waals surface area contributed by atoms with E-state index in [1.54, 1.807) is 13.0 Å². The molecule has 1 saturated carbocycles. The zero-order valence-corrected chi connectivity index (χ0v) is 18.9. The summed E-state index contributed by atoms with van der Waals surface area (Å²) in [4.78, 5) is 4.53. The van der Waals surface area contributed by atoms with Gasteiger partial charge in [0, 0.05) is 18.5 Å². The standard InChI is InChI=1S/C21H28FN3O2.HI/c1-4-23-19(24-13-20(3,26)18-10-5-15(2)27-18)25-14-21(11-12-21)16-6-8-17(22)9-7-16;/h5-10,26H,4,11-14H2,1-3H3,(H2,23,24,25);1H. The van der Waals surface area contributed by atoms with Crippen LogP contribution in [0.5, 0.6) is 0 Å². The Labute approximate surface area is 182 Å². The van der Waals surface area contributed by atoms with Gasteiger partial charge in [-0.05, 0) is 63.4 Å². The van der Waals surface area contributed by atoms with Crippen LogP contribution in [-0.4, -0.2) is 30.7 Å². The first kappa shape index (κ1) is 22.7. The zero-order chi connectivity index (χ0) is 19.5. The molecule has 1 aromatic carbocycles. The number of hydrogen-bond donors (Lipinski definition) is 3. The van der Waals surface area contributed by atoms with E-state index in [9.17, 15) is 9.50 Å². The Kier molecular flexibility index (Phi) is 7.50. The SMILES string of the molecule is CCNC(=NCC(C)(O)c1ccc(C)o1)NCC1(c2ccc(F)cc2)CC1.I. The van der Waals surface area contributed by atoms with Gasteiger partial charge in [-0.2, -0.15) is 0 Å². The summed E-state index contributed by atoms with van der Waals surface area (Å²) < 4.78 is 18.7. The number of benzene rings is 1. The van der Waals surface area contributed by atoms with Gasteiger partial charge in [-0.15, -0.1) is 24.0 Å². The van der Waals surface area contributed by atoms with Gasteiger partial charge >= 0.3 is 0 Å². The van der Waals surface area contributed by atoms with E-state index in [-0.39, 0.29) is 41.8 Å². The van der Waals surface area contributed by atoms with Crippen molar-refractivity contribution >= 4 is 29.9 Å². The van der Waals surface area contributed by atoms with Gasteiger partial charge in [0.05, 0.1) is 6.54 Å². The second-order valence-corrected chi connectivity index (χ2v) is 7.52. The largest absolute Gasteiger partial charge is 0.463 e. The quantitative estimate of drug-likeness (QED) is 0.307. The van der Waals surface area contributed by atoms with Crippen molar-refractivity contribution in [2.75, 3.05) is 19.6 Å². The lowest BCUT2D eigenvalue weighted by atomic mass is 9.96. The molecule has 154 valence electrons. The molecule has 1 heterocycles. The van der Waals surface area contributed by atoms with Gasteiger partial charge < -0.3 is 20.2 Å². The van der Waals surface area contributed by atoms with Gasteiger partial charge in [-0.25, -0.2) is 9.38 Å². The van der Waals surface area contributed by atoms with E-state index in [1.165, 1.54) is 12.1 Å². The van der Waals surface area contributed by atoms with E-state index in [4.69, 9.17) is 4.42 Å². The number of hydrogen-bond acceptors (Lipinski definition) is 3.